The van der Waals surface area contributed by atoms with Gasteiger partial charge in [0.1, 0.15) is 5.84 Å². The van der Waals surface area contributed by atoms with Gasteiger partial charge in [-0.2, -0.15) is 0 Å². The van der Waals surface area contributed by atoms with E-state index in [4.69, 9.17) is 15.9 Å². The maximum Gasteiger partial charge on any atom is 0.122 e. The molecule has 0 bridgehead atoms. The molecule has 1 atom stereocenters. The number of rotatable bonds is 2. The summed E-state index contributed by atoms with van der Waals surface area (Å²) >= 11 is 3.54. The lowest BCUT2D eigenvalue weighted by Gasteiger charge is -2.33. The van der Waals surface area contributed by atoms with Crippen LogP contribution in [0, 0.1) is 5.41 Å². The Hall–Kier alpha value is -1.07. The van der Waals surface area contributed by atoms with Gasteiger partial charge in [0.2, 0.25) is 0 Å². The average molecular weight is 298 g/mol. The van der Waals surface area contributed by atoms with Crippen LogP contribution in [0.4, 0.5) is 5.69 Å². The number of ether oxygens (including phenoxy) is 1. The highest BCUT2D eigenvalue weighted by atomic mass is 79.9. The van der Waals surface area contributed by atoms with Crippen LogP contribution in [0.1, 0.15) is 12.5 Å². The molecule has 0 saturated carbocycles. The van der Waals surface area contributed by atoms with E-state index in [0.29, 0.717) is 0 Å². The largest absolute Gasteiger partial charge is 0.384 e. The maximum atomic E-state index is 7.40. The normalized spacial score (nSPS) is 20.4. The molecule has 1 aliphatic heterocycles. The Balaban J connectivity index is 2.23. The van der Waals surface area contributed by atoms with Gasteiger partial charge in [0.25, 0.3) is 0 Å². The van der Waals surface area contributed by atoms with E-state index in [0.717, 1.165) is 35.4 Å². The first-order valence-electron chi connectivity index (χ1n) is 5.58. The molecular weight excluding hydrogens is 282 g/mol. The van der Waals surface area contributed by atoms with E-state index in [-0.39, 0.29) is 11.9 Å². The van der Waals surface area contributed by atoms with Gasteiger partial charge >= 0.3 is 0 Å². The molecule has 1 fully saturated rings. The molecule has 0 spiro atoms. The van der Waals surface area contributed by atoms with Gasteiger partial charge in [-0.05, 0) is 41.1 Å². The number of amidine groups is 1. The zero-order chi connectivity index (χ0) is 12.4. The van der Waals surface area contributed by atoms with Crippen LogP contribution in [0.5, 0.6) is 0 Å². The summed E-state index contributed by atoms with van der Waals surface area (Å²) in [5.41, 5.74) is 7.33. The van der Waals surface area contributed by atoms with E-state index in [1.54, 1.807) is 0 Å². The van der Waals surface area contributed by atoms with Gasteiger partial charge in [0, 0.05) is 23.1 Å². The minimum Gasteiger partial charge on any atom is -0.384 e. The molecule has 1 unspecified atom stereocenters. The second-order valence-electron chi connectivity index (χ2n) is 4.21. The van der Waals surface area contributed by atoms with Crippen LogP contribution in [0.3, 0.4) is 0 Å². The van der Waals surface area contributed by atoms with Gasteiger partial charge in [-0.3, -0.25) is 5.41 Å². The lowest BCUT2D eigenvalue weighted by atomic mass is 10.1. The van der Waals surface area contributed by atoms with E-state index in [2.05, 4.69) is 27.8 Å². The summed E-state index contributed by atoms with van der Waals surface area (Å²) in [6.45, 7) is 4.60. The van der Waals surface area contributed by atoms with Gasteiger partial charge in [-0.1, -0.05) is 0 Å². The van der Waals surface area contributed by atoms with Crippen molar-refractivity contribution in [2.24, 2.45) is 5.73 Å². The number of morpholine rings is 1. The van der Waals surface area contributed by atoms with Gasteiger partial charge in [0.05, 0.1) is 18.4 Å². The first-order valence-corrected chi connectivity index (χ1v) is 6.37. The van der Waals surface area contributed by atoms with Gasteiger partial charge in [-0.15, -0.1) is 0 Å². The molecule has 0 radical (unpaired) electrons. The van der Waals surface area contributed by atoms with E-state index in [1.807, 2.05) is 18.2 Å². The molecule has 3 N–H and O–H groups in total. The van der Waals surface area contributed by atoms with Crippen LogP contribution in [0.25, 0.3) is 0 Å². The van der Waals surface area contributed by atoms with Crippen LogP contribution in [0.2, 0.25) is 0 Å². The highest BCUT2D eigenvalue weighted by Gasteiger charge is 2.18. The summed E-state index contributed by atoms with van der Waals surface area (Å²) in [6.07, 6.45) is 0.253. The number of halogens is 1. The molecule has 1 heterocycles. The number of benzene rings is 1. The Morgan fingerprint density at radius 3 is 2.94 bits per heavy atom. The summed E-state index contributed by atoms with van der Waals surface area (Å²) in [5.74, 6) is 0.0904. The zero-order valence-electron chi connectivity index (χ0n) is 9.74. The standard InChI is InChI=1S/C12H16BrN3O/c1-8-7-16(4-5-17-8)11-3-2-9(12(14)15)6-10(11)13/h2-3,6,8H,4-5,7H2,1H3,(H3,14,15). The Kier molecular flexibility index (Phi) is 3.69. The number of anilines is 1. The maximum absolute atomic E-state index is 7.40. The Bertz CT molecular complexity index is 436. The molecule has 1 aliphatic rings. The monoisotopic (exact) mass is 297 g/mol. The Morgan fingerprint density at radius 2 is 2.35 bits per heavy atom. The number of hydrogen-bond donors (Lipinski definition) is 2. The first-order chi connectivity index (χ1) is 8.08. The quantitative estimate of drug-likeness (QED) is 0.648. The molecule has 1 aromatic rings. The summed E-state index contributed by atoms with van der Waals surface area (Å²) in [4.78, 5) is 2.28. The lowest BCUT2D eigenvalue weighted by molar-refractivity contribution is 0.0532. The van der Waals surface area contributed by atoms with Crippen molar-refractivity contribution in [2.45, 2.75) is 13.0 Å². The number of nitrogens with two attached hydrogens (primary N) is 1. The van der Waals surface area contributed by atoms with Gasteiger partial charge < -0.3 is 15.4 Å². The van der Waals surface area contributed by atoms with Crippen molar-refractivity contribution in [1.29, 1.82) is 5.41 Å². The van der Waals surface area contributed by atoms with Crippen LogP contribution < -0.4 is 10.6 Å². The minimum atomic E-state index is 0.0904. The van der Waals surface area contributed by atoms with Gasteiger partial charge in [-0.25, -0.2) is 0 Å². The fraction of sp³-hybridized carbons (Fsp3) is 0.417. The smallest absolute Gasteiger partial charge is 0.122 e. The number of hydrogen-bond acceptors (Lipinski definition) is 3. The van der Waals surface area contributed by atoms with Crippen molar-refractivity contribution in [1.82, 2.24) is 0 Å². The molecule has 1 aromatic carbocycles. The molecule has 92 valence electrons. The highest BCUT2D eigenvalue weighted by Crippen LogP contribution is 2.28. The van der Waals surface area contributed by atoms with Crippen molar-refractivity contribution < 1.29 is 4.74 Å². The average Bonchev–Trinajstić information content (AvgIpc) is 2.28. The summed E-state index contributed by atoms with van der Waals surface area (Å²) in [7, 11) is 0. The van der Waals surface area contributed by atoms with Crippen molar-refractivity contribution in [2.75, 3.05) is 24.6 Å². The number of nitrogens with one attached hydrogen (secondary N) is 1. The second kappa shape index (κ2) is 5.06. The van der Waals surface area contributed by atoms with Crippen molar-refractivity contribution in [3.05, 3.63) is 28.2 Å². The van der Waals surface area contributed by atoms with E-state index in [1.165, 1.54) is 0 Å². The molecule has 0 aromatic heterocycles. The third-order valence-corrected chi connectivity index (χ3v) is 3.48. The molecule has 1 saturated heterocycles. The zero-order valence-corrected chi connectivity index (χ0v) is 11.3. The van der Waals surface area contributed by atoms with E-state index < -0.39 is 0 Å². The summed E-state index contributed by atoms with van der Waals surface area (Å²) in [6, 6.07) is 5.76. The SMILES string of the molecule is CC1CN(c2ccc(C(=N)N)cc2Br)CCO1. The predicted molar refractivity (Wildman–Crippen MR) is 72.8 cm³/mol. The second-order valence-corrected chi connectivity index (χ2v) is 5.06. The Labute approximate surface area is 109 Å². The minimum absolute atomic E-state index is 0.0904. The number of nitrogens with zero attached hydrogens (tertiary/aromatic N) is 1. The van der Waals surface area contributed by atoms with Crippen LogP contribution in [-0.4, -0.2) is 31.6 Å². The van der Waals surface area contributed by atoms with Crippen LogP contribution in [-0.2, 0) is 4.74 Å². The molecule has 4 nitrogen and oxygen atoms in total. The fourth-order valence-corrected chi connectivity index (χ4v) is 2.60. The predicted octanol–water partition coefficient (Wildman–Crippen LogP) is 1.96. The Morgan fingerprint density at radius 1 is 1.59 bits per heavy atom. The van der Waals surface area contributed by atoms with Crippen LogP contribution >= 0.6 is 15.9 Å². The molecule has 2 rings (SSSR count). The molecule has 17 heavy (non-hydrogen) atoms. The molecule has 5 heteroatoms. The number of nitrogen functional groups attached to an aromatic ring is 1. The highest BCUT2D eigenvalue weighted by molar-refractivity contribution is 9.10. The third kappa shape index (κ3) is 2.79. The van der Waals surface area contributed by atoms with Crippen molar-refractivity contribution >= 4 is 27.5 Å². The molecule has 0 aliphatic carbocycles. The van der Waals surface area contributed by atoms with Gasteiger partial charge in [0.15, 0.2) is 0 Å². The molecular formula is C12H16BrN3O. The van der Waals surface area contributed by atoms with Crippen LogP contribution in [0.15, 0.2) is 22.7 Å². The summed E-state index contributed by atoms with van der Waals surface area (Å²) in [5, 5.41) is 7.40. The molecule has 0 amide bonds. The van der Waals surface area contributed by atoms with E-state index >= 15 is 0 Å². The van der Waals surface area contributed by atoms with Crippen molar-refractivity contribution in [3.63, 3.8) is 0 Å². The topological polar surface area (TPSA) is 62.3 Å². The van der Waals surface area contributed by atoms with E-state index in [9.17, 15) is 0 Å². The first kappa shape index (κ1) is 12.4. The fourth-order valence-electron chi connectivity index (χ4n) is 1.97. The summed E-state index contributed by atoms with van der Waals surface area (Å²) < 4.78 is 6.49. The lowest BCUT2D eigenvalue weighted by Crippen LogP contribution is -2.41. The van der Waals surface area contributed by atoms with Crippen molar-refractivity contribution in [3.8, 4) is 0 Å². The third-order valence-electron chi connectivity index (χ3n) is 2.84.